The van der Waals surface area contributed by atoms with E-state index >= 15 is 0 Å². The summed E-state index contributed by atoms with van der Waals surface area (Å²) < 4.78 is 0. The van der Waals surface area contributed by atoms with Crippen molar-refractivity contribution < 1.29 is 5.11 Å². The zero-order valence-electron chi connectivity index (χ0n) is 12.2. The SMILES string of the molecule is CCc1ccc(CNC(CCO)C(C)(C)C)cc1. The van der Waals surface area contributed by atoms with Crippen molar-refractivity contribution in [2.75, 3.05) is 6.61 Å². The van der Waals surface area contributed by atoms with Gasteiger partial charge in [0.05, 0.1) is 0 Å². The van der Waals surface area contributed by atoms with Gasteiger partial charge in [-0.1, -0.05) is 52.0 Å². The lowest BCUT2D eigenvalue weighted by molar-refractivity contribution is 0.196. The highest BCUT2D eigenvalue weighted by Crippen LogP contribution is 2.22. The topological polar surface area (TPSA) is 32.3 Å². The van der Waals surface area contributed by atoms with Gasteiger partial charge in [-0.3, -0.25) is 0 Å². The number of aliphatic hydroxyl groups excluding tert-OH is 1. The maximum Gasteiger partial charge on any atom is 0.0446 e. The number of nitrogens with one attached hydrogen (secondary N) is 1. The van der Waals surface area contributed by atoms with E-state index in [0.717, 1.165) is 19.4 Å². The second kappa shape index (κ2) is 6.91. The van der Waals surface area contributed by atoms with Crippen LogP contribution < -0.4 is 5.32 Å². The van der Waals surface area contributed by atoms with E-state index in [0.29, 0.717) is 6.04 Å². The Morgan fingerprint density at radius 1 is 1.11 bits per heavy atom. The molecule has 1 unspecified atom stereocenters. The summed E-state index contributed by atoms with van der Waals surface area (Å²) in [7, 11) is 0. The molecule has 0 bridgehead atoms. The van der Waals surface area contributed by atoms with Gasteiger partial charge in [-0.25, -0.2) is 0 Å². The van der Waals surface area contributed by atoms with Crippen LogP contribution in [0.25, 0.3) is 0 Å². The molecule has 102 valence electrons. The summed E-state index contributed by atoms with van der Waals surface area (Å²) in [5.74, 6) is 0. The van der Waals surface area contributed by atoms with Crippen LogP contribution in [0.5, 0.6) is 0 Å². The summed E-state index contributed by atoms with van der Waals surface area (Å²) in [6.45, 7) is 9.90. The second-order valence-electron chi connectivity index (χ2n) is 5.98. The van der Waals surface area contributed by atoms with E-state index in [1.54, 1.807) is 0 Å². The summed E-state index contributed by atoms with van der Waals surface area (Å²) in [6, 6.07) is 9.09. The molecule has 2 N–H and O–H groups in total. The third-order valence-corrected chi connectivity index (χ3v) is 3.45. The lowest BCUT2D eigenvalue weighted by Crippen LogP contribution is -2.40. The molecule has 0 spiro atoms. The third-order valence-electron chi connectivity index (χ3n) is 3.45. The standard InChI is InChI=1S/C16H27NO/c1-5-13-6-8-14(9-7-13)12-17-15(10-11-18)16(2,3)4/h6-9,15,17-18H,5,10-12H2,1-4H3. The summed E-state index contributed by atoms with van der Waals surface area (Å²) in [6.07, 6.45) is 1.89. The molecule has 0 aliphatic rings. The molecule has 18 heavy (non-hydrogen) atoms. The van der Waals surface area contributed by atoms with Crippen LogP contribution >= 0.6 is 0 Å². The van der Waals surface area contributed by atoms with Gasteiger partial charge in [0.2, 0.25) is 0 Å². The van der Waals surface area contributed by atoms with Crippen molar-refractivity contribution in [3.8, 4) is 0 Å². The van der Waals surface area contributed by atoms with Gasteiger partial charge in [0.15, 0.2) is 0 Å². The molecule has 1 aromatic rings. The lowest BCUT2D eigenvalue weighted by atomic mass is 9.85. The summed E-state index contributed by atoms with van der Waals surface area (Å²) in [5, 5.41) is 12.7. The lowest BCUT2D eigenvalue weighted by Gasteiger charge is -2.31. The summed E-state index contributed by atoms with van der Waals surface area (Å²) in [4.78, 5) is 0. The molecule has 0 fully saturated rings. The van der Waals surface area contributed by atoms with Gasteiger partial charge in [0, 0.05) is 19.2 Å². The highest BCUT2D eigenvalue weighted by molar-refractivity contribution is 5.22. The zero-order chi connectivity index (χ0) is 13.6. The molecule has 0 saturated heterocycles. The first kappa shape index (κ1) is 15.2. The molecule has 1 rings (SSSR count). The average molecular weight is 249 g/mol. The Morgan fingerprint density at radius 3 is 2.11 bits per heavy atom. The predicted octanol–water partition coefficient (Wildman–Crippen LogP) is 3.14. The van der Waals surface area contributed by atoms with Gasteiger partial charge in [-0.2, -0.15) is 0 Å². The van der Waals surface area contributed by atoms with Gasteiger partial charge in [0.1, 0.15) is 0 Å². The summed E-state index contributed by atoms with van der Waals surface area (Å²) >= 11 is 0. The zero-order valence-corrected chi connectivity index (χ0v) is 12.2. The van der Waals surface area contributed by atoms with E-state index in [-0.39, 0.29) is 12.0 Å². The van der Waals surface area contributed by atoms with Crippen LogP contribution in [-0.4, -0.2) is 17.8 Å². The van der Waals surface area contributed by atoms with Gasteiger partial charge in [0.25, 0.3) is 0 Å². The molecule has 0 radical (unpaired) electrons. The van der Waals surface area contributed by atoms with Crippen molar-refractivity contribution in [2.24, 2.45) is 5.41 Å². The van der Waals surface area contributed by atoms with Crippen LogP contribution in [0.4, 0.5) is 0 Å². The fraction of sp³-hybridized carbons (Fsp3) is 0.625. The van der Waals surface area contributed by atoms with Crippen molar-refractivity contribution in [1.82, 2.24) is 5.32 Å². The molecule has 0 amide bonds. The van der Waals surface area contributed by atoms with Crippen molar-refractivity contribution >= 4 is 0 Å². The van der Waals surface area contributed by atoms with E-state index in [4.69, 9.17) is 5.11 Å². The normalized spacial score (nSPS) is 13.6. The van der Waals surface area contributed by atoms with Crippen LogP contribution in [0.3, 0.4) is 0 Å². The maximum absolute atomic E-state index is 9.13. The van der Waals surface area contributed by atoms with Crippen molar-refractivity contribution in [2.45, 2.75) is 53.1 Å². The third kappa shape index (κ3) is 4.79. The minimum atomic E-state index is 0.173. The van der Waals surface area contributed by atoms with E-state index < -0.39 is 0 Å². The first-order valence-corrected chi connectivity index (χ1v) is 6.89. The molecule has 0 aliphatic carbocycles. The first-order chi connectivity index (χ1) is 8.47. The fourth-order valence-corrected chi connectivity index (χ4v) is 2.10. The molecule has 2 heteroatoms. The molecule has 2 nitrogen and oxygen atoms in total. The molecule has 1 aromatic carbocycles. The van der Waals surface area contributed by atoms with E-state index in [9.17, 15) is 0 Å². The minimum absolute atomic E-state index is 0.173. The number of aryl methyl sites for hydroxylation is 1. The number of aliphatic hydroxyl groups is 1. The van der Waals surface area contributed by atoms with Crippen LogP contribution in [0, 0.1) is 5.41 Å². The highest BCUT2D eigenvalue weighted by Gasteiger charge is 2.23. The Morgan fingerprint density at radius 2 is 1.67 bits per heavy atom. The quantitative estimate of drug-likeness (QED) is 0.812. The van der Waals surface area contributed by atoms with Crippen LogP contribution in [0.15, 0.2) is 24.3 Å². The Balaban J connectivity index is 2.55. The molecular formula is C16H27NO. The largest absolute Gasteiger partial charge is 0.396 e. The van der Waals surface area contributed by atoms with Gasteiger partial charge in [-0.05, 0) is 29.4 Å². The number of hydrogen-bond donors (Lipinski definition) is 2. The smallest absolute Gasteiger partial charge is 0.0446 e. The Labute approximate surface area is 111 Å². The Kier molecular flexibility index (Phi) is 5.83. The van der Waals surface area contributed by atoms with Crippen LogP contribution in [0.1, 0.15) is 45.2 Å². The van der Waals surface area contributed by atoms with Crippen molar-refractivity contribution in [1.29, 1.82) is 0 Å². The van der Waals surface area contributed by atoms with E-state index in [1.165, 1.54) is 11.1 Å². The highest BCUT2D eigenvalue weighted by atomic mass is 16.3. The predicted molar refractivity (Wildman–Crippen MR) is 77.6 cm³/mol. The number of rotatable bonds is 6. The molecule has 0 saturated carbocycles. The molecular weight excluding hydrogens is 222 g/mol. The first-order valence-electron chi connectivity index (χ1n) is 6.89. The van der Waals surface area contributed by atoms with Gasteiger partial charge in [-0.15, -0.1) is 0 Å². The second-order valence-corrected chi connectivity index (χ2v) is 5.98. The average Bonchev–Trinajstić information content (AvgIpc) is 2.33. The van der Waals surface area contributed by atoms with Gasteiger partial charge < -0.3 is 10.4 Å². The number of hydrogen-bond acceptors (Lipinski definition) is 2. The monoisotopic (exact) mass is 249 g/mol. The molecule has 0 aliphatic heterocycles. The number of benzene rings is 1. The maximum atomic E-state index is 9.13. The van der Waals surface area contributed by atoms with Crippen LogP contribution in [0.2, 0.25) is 0 Å². The van der Waals surface area contributed by atoms with E-state index in [1.807, 2.05) is 0 Å². The molecule has 0 heterocycles. The molecule has 1 atom stereocenters. The fourth-order valence-electron chi connectivity index (χ4n) is 2.10. The van der Waals surface area contributed by atoms with E-state index in [2.05, 4.69) is 57.3 Å². The summed E-state index contributed by atoms with van der Waals surface area (Å²) in [5.41, 5.74) is 2.85. The van der Waals surface area contributed by atoms with Crippen molar-refractivity contribution in [3.05, 3.63) is 35.4 Å². The van der Waals surface area contributed by atoms with Crippen LogP contribution in [-0.2, 0) is 13.0 Å². The minimum Gasteiger partial charge on any atom is -0.396 e. The van der Waals surface area contributed by atoms with Gasteiger partial charge >= 0.3 is 0 Å². The Bertz CT molecular complexity index is 337. The Hall–Kier alpha value is -0.860. The van der Waals surface area contributed by atoms with Crippen molar-refractivity contribution in [3.63, 3.8) is 0 Å². The molecule has 0 aromatic heterocycles.